The summed E-state index contributed by atoms with van der Waals surface area (Å²) in [4.78, 5) is 13.4. The van der Waals surface area contributed by atoms with Gasteiger partial charge in [-0.15, -0.1) is 11.3 Å². The molecule has 184 valence electrons. The number of thiophene rings is 1. The number of carbonyl (C=O) groups excluding carboxylic acids is 1. The first-order valence-corrected chi connectivity index (χ1v) is 12.9. The molecule has 1 aromatic heterocycles. The topological polar surface area (TPSA) is 47.6 Å². The fraction of sp³-hybridized carbons (Fsp3) is 0.207. The molecule has 1 heterocycles. The van der Waals surface area contributed by atoms with Gasteiger partial charge in [-0.3, -0.25) is 5.32 Å². The van der Waals surface area contributed by atoms with Crippen molar-refractivity contribution in [2.24, 2.45) is 0 Å². The van der Waals surface area contributed by atoms with Gasteiger partial charge in [0.15, 0.2) is 0 Å². The van der Waals surface area contributed by atoms with Crippen molar-refractivity contribution in [2.75, 3.05) is 12.4 Å². The van der Waals surface area contributed by atoms with E-state index in [4.69, 9.17) is 21.1 Å². The lowest BCUT2D eigenvalue weighted by Gasteiger charge is -2.15. The van der Waals surface area contributed by atoms with Crippen molar-refractivity contribution in [3.05, 3.63) is 94.1 Å². The molecule has 5 rings (SSSR count). The summed E-state index contributed by atoms with van der Waals surface area (Å²) in [5, 5.41) is 2.78. The Balaban J connectivity index is 1.36. The molecule has 1 amide bonds. The number of amides is 1. The zero-order valence-electron chi connectivity index (χ0n) is 19.9. The SMILES string of the molecule is COc1cc(-c2sc(Cl)cc2NC(=O)O[C@H](C)c2cccc(F)c2)ccc1-c1ccc(C2CC2)cc1. The number of methoxy groups -OCH3 is 1. The minimum Gasteiger partial charge on any atom is -0.496 e. The maximum Gasteiger partial charge on any atom is 0.412 e. The van der Waals surface area contributed by atoms with Crippen LogP contribution in [0.15, 0.2) is 72.8 Å². The highest BCUT2D eigenvalue weighted by Gasteiger charge is 2.23. The average Bonchev–Trinajstić information content (AvgIpc) is 3.66. The van der Waals surface area contributed by atoms with Gasteiger partial charge in [-0.1, -0.05) is 60.1 Å². The summed E-state index contributed by atoms with van der Waals surface area (Å²) in [7, 11) is 1.65. The normalized spacial score (nSPS) is 13.8. The van der Waals surface area contributed by atoms with Gasteiger partial charge < -0.3 is 9.47 Å². The van der Waals surface area contributed by atoms with E-state index in [0.29, 0.717) is 21.5 Å². The van der Waals surface area contributed by atoms with Crippen molar-refractivity contribution in [3.63, 3.8) is 0 Å². The summed E-state index contributed by atoms with van der Waals surface area (Å²) >= 11 is 7.67. The lowest BCUT2D eigenvalue weighted by molar-refractivity contribution is 0.121. The summed E-state index contributed by atoms with van der Waals surface area (Å²) in [6.45, 7) is 1.69. The summed E-state index contributed by atoms with van der Waals surface area (Å²) in [5.74, 6) is 1.05. The van der Waals surface area contributed by atoms with Crippen molar-refractivity contribution in [1.29, 1.82) is 0 Å². The number of hydrogen-bond acceptors (Lipinski definition) is 4. The van der Waals surface area contributed by atoms with Gasteiger partial charge in [-0.05, 0) is 72.2 Å². The second-order valence-electron chi connectivity index (χ2n) is 8.83. The number of benzene rings is 3. The van der Waals surface area contributed by atoms with Crippen LogP contribution < -0.4 is 10.1 Å². The molecule has 7 heteroatoms. The molecule has 0 aliphatic heterocycles. The Bertz CT molecular complexity index is 1400. The number of carbonyl (C=O) groups is 1. The third kappa shape index (κ3) is 5.40. The molecule has 0 unspecified atom stereocenters. The molecule has 0 radical (unpaired) electrons. The highest BCUT2D eigenvalue weighted by molar-refractivity contribution is 7.20. The van der Waals surface area contributed by atoms with E-state index in [-0.39, 0.29) is 5.82 Å². The van der Waals surface area contributed by atoms with Gasteiger partial charge in [0.05, 0.1) is 22.0 Å². The zero-order chi connectivity index (χ0) is 25.2. The molecular weight excluding hydrogens is 497 g/mol. The Morgan fingerprint density at radius 3 is 2.50 bits per heavy atom. The van der Waals surface area contributed by atoms with Crippen LogP contribution >= 0.6 is 22.9 Å². The lowest BCUT2D eigenvalue weighted by atomic mass is 9.99. The second kappa shape index (κ2) is 10.3. The van der Waals surface area contributed by atoms with E-state index in [1.54, 1.807) is 32.2 Å². The highest BCUT2D eigenvalue weighted by atomic mass is 35.5. The zero-order valence-corrected chi connectivity index (χ0v) is 21.5. The quantitative estimate of drug-likeness (QED) is 0.264. The molecule has 1 saturated carbocycles. The van der Waals surface area contributed by atoms with Crippen LogP contribution in [-0.4, -0.2) is 13.2 Å². The van der Waals surface area contributed by atoms with Crippen LogP contribution in [-0.2, 0) is 4.74 Å². The van der Waals surface area contributed by atoms with Crippen LogP contribution in [0.5, 0.6) is 5.75 Å². The first-order chi connectivity index (χ1) is 17.4. The van der Waals surface area contributed by atoms with E-state index in [9.17, 15) is 9.18 Å². The Morgan fingerprint density at radius 2 is 1.81 bits per heavy atom. The van der Waals surface area contributed by atoms with Gasteiger partial charge in [0, 0.05) is 5.56 Å². The third-order valence-corrected chi connectivity index (χ3v) is 7.59. The van der Waals surface area contributed by atoms with E-state index in [1.807, 2.05) is 18.2 Å². The summed E-state index contributed by atoms with van der Waals surface area (Å²) in [6, 6.07) is 22.3. The Kier molecular flexibility index (Phi) is 6.99. The van der Waals surface area contributed by atoms with Gasteiger partial charge in [0.1, 0.15) is 17.7 Å². The maximum atomic E-state index is 13.5. The summed E-state index contributed by atoms with van der Waals surface area (Å²) < 4.78 is 25.2. The molecule has 1 fully saturated rings. The Labute approximate surface area is 218 Å². The minimum atomic E-state index is -0.651. The maximum absolute atomic E-state index is 13.5. The Hall–Kier alpha value is -3.35. The third-order valence-electron chi connectivity index (χ3n) is 6.27. The molecule has 4 aromatic rings. The van der Waals surface area contributed by atoms with Crippen LogP contribution in [0.2, 0.25) is 4.34 Å². The number of halogens is 2. The predicted octanol–water partition coefficient (Wildman–Crippen LogP) is 9.07. The predicted molar refractivity (Wildman–Crippen MR) is 144 cm³/mol. The van der Waals surface area contributed by atoms with Crippen molar-refractivity contribution < 1.29 is 18.7 Å². The van der Waals surface area contributed by atoms with Crippen molar-refractivity contribution >= 4 is 34.7 Å². The molecule has 36 heavy (non-hydrogen) atoms. The number of anilines is 1. The molecule has 0 spiro atoms. The smallest absolute Gasteiger partial charge is 0.412 e. The van der Waals surface area contributed by atoms with E-state index >= 15 is 0 Å². The molecule has 0 bridgehead atoms. The monoisotopic (exact) mass is 521 g/mol. The van der Waals surface area contributed by atoms with Crippen LogP contribution in [0.3, 0.4) is 0 Å². The van der Waals surface area contributed by atoms with Crippen LogP contribution in [0.4, 0.5) is 14.9 Å². The molecule has 1 N–H and O–H groups in total. The Morgan fingerprint density at radius 1 is 1.06 bits per heavy atom. The average molecular weight is 522 g/mol. The molecule has 1 aliphatic carbocycles. The second-order valence-corrected chi connectivity index (χ2v) is 10.5. The number of rotatable bonds is 7. The molecule has 0 saturated heterocycles. The molecule has 1 atom stereocenters. The van der Waals surface area contributed by atoms with Crippen molar-refractivity contribution in [2.45, 2.75) is 31.8 Å². The van der Waals surface area contributed by atoms with E-state index in [1.165, 1.54) is 41.9 Å². The van der Waals surface area contributed by atoms with E-state index in [0.717, 1.165) is 27.3 Å². The highest BCUT2D eigenvalue weighted by Crippen LogP contribution is 2.44. The molecular formula is C29H25ClFNO3S. The largest absolute Gasteiger partial charge is 0.496 e. The molecule has 4 nitrogen and oxygen atoms in total. The summed E-state index contributed by atoms with van der Waals surface area (Å²) in [6.07, 6.45) is 1.27. The summed E-state index contributed by atoms with van der Waals surface area (Å²) in [5.41, 5.74) is 5.42. The fourth-order valence-corrected chi connectivity index (χ4v) is 5.40. The first-order valence-electron chi connectivity index (χ1n) is 11.7. The van der Waals surface area contributed by atoms with Crippen LogP contribution in [0.1, 0.15) is 42.9 Å². The first kappa shape index (κ1) is 24.3. The molecule has 1 aliphatic rings. The fourth-order valence-electron chi connectivity index (χ4n) is 4.22. The van der Waals surface area contributed by atoms with Crippen molar-refractivity contribution in [3.8, 4) is 27.3 Å². The van der Waals surface area contributed by atoms with Gasteiger partial charge in [0.25, 0.3) is 0 Å². The van der Waals surface area contributed by atoms with Crippen LogP contribution in [0, 0.1) is 5.82 Å². The van der Waals surface area contributed by atoms with E-state index < -0.39 is 12.2 Å². The molecule has 3 aromatic carbocycles. The lowest BCUT2D eigenvalue weighted by Crippen LogP contribution is -2.16. The van der Waals surface area contributed by atoms with Gasteiger partial charge in [-0.25, -0.2) is 9.18 Å². The van der Waals surface area contributed by atoms with Gasteiger partial charge >= 0.3 is 6.09 Å². The van der Waals surface area contributed by atoms with Crippen LogP contribution in [0.25, 0.3) is 21.6 Å². The van der Waals surface area contributed by atoms with Gasteiger partial charge in [0.2, 0.25) is 0 Å². The minimum absolute atomic E-state index is 0.383. The van der Waals surface area contributed by atoms with Crippen molar-refractivity contribution in [1.82, 2.24) is 0 Å². The standard InChI is InChI=1S/C29H25ClFNO3S/c1-17(21-4-3-5-23(31)14-21)35-29(33)32-25-16-27(30)36-28(25)22-12-13-24(26(15-22)34-2)20-10-8-19(9-11-20)18-6-7-18/h3-5,8-18H,6-7H2,1-2H3,(H,32,33)/t17-/m1/s1. The number of hydrogen-bond donors (Lipinski definition) is 1. The van der Waals surface area contributed by atoms with Gasteiger partial charge in [-0.2, -0.15) is 0 Å². The number of ether oxygens (including phenoxy) is 2. The number of nitrogens with one attached hydrogen (secondary N) is 1. The van der Waals surface area contributed by atoms with E-state index in [2.05, 4.69) is 29.6 Å².